The lowest BCUT2D eigenvalue weighted by Crippen LogP contribution is -2.28. The van der Waals surface area contributed by atoms with Crippen molar-refractivity contribution >= 4 is 38.5 Å². The van der Waals surface area contributed by atoms with E-state index in [-0.39, 0.29) is 6.04 Å². The van der Waals surface area contributed by atoms with E-state index < -0.39 is 0 Å². The molecule has 0 heterocycles. The van der Waals surface area contributed by atoms with Gasteiger partial charge in [0.15, 0.2) is 0 Å². The van der Waals surface area contributed by atoms with Crippen molar-refractivity contribution in [1.29, 1.82) is 0 Å². The Morgan fingerprint density at radius 3 is 2.93 bits per heavy atom. The van der Waals surface area contributed by atoms with Gasteiger partial charge in [0.05, 0.1) is 0 Å². The topological polar surface area (TPSA) is 38.0 Å². The maximum atomic E-state index is 5.52. The number of terminal acetylenes is 1. The Morgan fingerprint density at radius 1 is 1.60 bits per heavy atom. The first kappa shape index (κ1) is 13.0. The van der Waals surface area contributed by atoms with Gasteiger partial charge in [0.2, 0.25) is 0 Å². The van der Waals surface area contributed by atoms with Crippen molar-refractivity contribution in [3.05, 3.63) is 31.8 Å². The fourth-order valence-electron chi connectivity index (χ4n) is 1.34. The number of hydrogen-bond acceptors (Lipinski definition) is 2. The van der Waals surface area contributed by atoms with Gasteiger partial charge >= 0.3 is 0 Å². The minimum atomic E-state index is 0.102. The van der Waals surface area contributed by atoms with Gasteiger partial charge in [-0.3, -0.25) is 11.3 Å². The largest absolute Gasteiger partial charge is 0.271 e. The van der Waals surface area contributed by atoms with E-state index in [1.54, 1.807) is 0 Å². The molecule has 4 heteroatoms. The Kier molecular flexibility index (Phi) is 5.61. The minimum Gasteiger partial charge on any atom is -0.271 e. The van der Waals surface area contributed by atoms with E-state index in [9.17, 15) is 0 Å². The molecule has 3 N–H and O–H groups in total. The van der Waals surface area contributed by atoms with Crippen molar-refractivity contribution in [3.8, 4) is 12.3 Å². The maximum absolute atomic E-state index is 5.52. The minimum absolute atomic E-state index is 0.102. The third kappa shape index (κ3) is 3.76. The van der Waals surface area contributed by atoms with Crippen LogP contribution in [0.4, 0.5) is 0 Å². The third-order valence-corrected chi connectivity index (χ3v) is 3.51. The SMILES string of the molecule is C#CCCC(NN)c1cc(I)ccc1Br. The zero-order valence-corrected chi connectivity index (χ0v) is 11.9. The van der Waals surface area contributed by atoms with Crippen molar-refractivity contribution in [2.24, 2.45) is 5.84 Å². The summed E-state index contributed by atoms with van der Waals surface area (Å²) >= 11 is 5.79. The Morgan fingerprint density at radius 2 is 2.33 bits per heavy atom. The van der Waals surface area contributed by atoms with Crippen molar-refractivity contribution < 1.29 is 0 Å². The van der Waals surface area contributed by atoms with Gasteiger partial charge in [0, 0.05) is 20.5 Å². The van der Waals surface area contributed by atoms with Crippen molar-refractivity contribution in [2.75, 3.05) is 0 Å². The molecule has 0 amide bonds. The summed E-state index contributed by atoms with van der Waals surface area (Å²) in [5.41, 5.74) is 3.94. The van der Waals surface area contributed by atoms with Gasteiger partial charge in [-0.05, 0) is 52.8 Å². The predicted octanol–water partition coefficient (Wildman–Crippen LogP) is 2.97. The molecule has 1 unspecified atom stereocenters. The van der Waals surface area contributed by atoms with E-state index >= 15 is 0 Å². The van der Waals surface area contributed by atoms with Gasteiger partial charge in [-0.25, -0.2) is 0 Å². The molecule has 0 fully saturated rings. The van der Waals surface area contributed by atoms with E-state index in [4.69, 9.17) is 12.3 Å². The molecule has 1 atom stereocenters. The lowest BCUT2D eigenvalue weighted by Gasteiger charge is -2.17. The molecule has 1 aromatic carbocycles. The van der Waals surface area contributed by atoms with Gasteiger partial charge in [0.25, 0.3) is 0 Å². The van der Waals surface area contributed by atoms with E-state index in [1.165, 1.54) is 3.57 Å². The predicted molar refractivity (Wildman–Crippen MR) is 75.0 cm³/mol. The van der Waals surface area contributed by atoms with Crippen LogP contribution >= 0.6 is 38.5 Å². The summed E-state index contributed by atoms with van der Waals surface area (Å²) < 4.78 is 2.25. The highest BCUT2D eigenvalue weighted by molar-refractivity contribution is 14.1. The van der Waals surface area contributed by atoms with E-state index in [1.807, 2.05) is 12.1 Å². The van der Waals surface area contributed by atoms with Gasteiger partial charge in [0.1, 0.15) is 0 Å². The molecule has 0 aliphatic carbocycles. The number of nitrogens with one attached hydrogen (secondary N) is 1. The smallest absolute Gasteiger partial charge is 0.0480 e. The summed E-state index contributed by atoms with van der Waals surface area (Å²) in [6.45, 7) is 0. The highest BCUT2D eigenvalue weighted by Crippen LogP contribution is 2.27. The van der Waals surface area contributed by atoms with Crippen LogP contribution in [0.2, 0.25) is 0 Å². The molecule has 1 aromatic rings. The third-order valence-electron chi connectivity index (χ3n) is 2.11. The zero-order valence-electron chi connectivity index (χ0n) is 8.13. The number of halogens is 2. The summed E-state index contributed by atoms with van der Waals surface area (Å²) in [5.74, 6) is 8.15. The second-order valence-electron chi connectivity index (χ2n) is 3.13. The first-order valence-electron chi connectivity index (χ1n) is 4.53. The van der Waals surface area contributed by atoms with Crippen LogP contribution in [0.5, 0.6) is 0 Å². The van der Waals surface area contributed by atoms with Gasteiger partial charge in [-0.2, -0.15) is 0 Å². The zero-order chi connectivity index (χ0) is 11.3. The first-order valence-corrected chi connectivity index (χ1v) is 6.40. The molecule has 0 radical (unpaired) electrons. The lowest BCUT2D eigenvalue weighted by molar-refractivity contribution is 0.522. The van der Waals surface area contributed by atoms with Gasteiger partial charge in [-0.1, -0.05) is 15.9 Å². The summed E-state index contributed by atoms with van der Waals surface area (Å²) in [7, 11) is 0. The van der Waals surface area contributed by atoms with Crippen LogP contribution in [0.1, 0.15) is 24.4 Å². The molecule has 2 nitrogen and oxygen atoms in total. The average Bonchev–Trinajstić information content (AvgIpc) is 2.24. The summed E-state index contributed by atoms with van der Waals surface area (Å²) in [6.07, 6.45) is 6.80. The number of hydrogen-bond donors (Lipinski definition) is 2. The second kappa shape index (κ2) is 6.48. The molecule has 0 saturated carbocycles. The van der Waals surface area contributed by atoms with Gasteiger partial charge < -0.3 is 0 Å². The van der Waals surface area contributed by atoms with E-state index in [0.717, 1.165) is 16.5 Å². The monoisotopic (exact) mass is 378 g/mol. The van der Waals surface area contributed by atoms with Crippen molar-refractivity contribution in [3.63, 3.8) is 0 Å². The molecule has 0 saturated heterocycles. The van der Waals surface area contributed by atoms with E-state index in [2.05, 4.69) is 55.9 Å². The number of rotatable bonds is 4. The molecule has 1 rings (SSSR count). The molecule has 15 heavy (non-hydrogen) atoms. The molecule has 0 spiro atoms. The van der Waals surface area contributed by atoms with Crippen LogP contribution in [0, 0.1) is 15.9 Å². The molecule has 0 bridgehead atoms. The Hall–Kier alpha value is -0.0900. The van der Waals surface area contributed by atoms with E-state index in [0.29, 0.717) is 6.42 Å². The first-order chi connectivity index (χ1) is 7.19. The number of nitrogens with two attached hydrogens (primary N) is 1. The highest BCUT2D eigenvalue weighted by atomic mass is 127. The lowest BCUT2D eigenvalue weighted by atomic mass is 10.0. The van der Waals surface area contributed by atoms with Crippen molar-refractivity contribution in [1.82, 2.24) is 5.43 Å². The summed E-state index contributed by atoms with van der Waals surface area (Å²) in [6, 6.07) is 6.27. The average molecular weight is 379 g/mol. The van der Waals surface area contributed by atoms with Crippen LogP contribution in [-0.4, -0.2) is 0 Å². The number of hydrazine groups is 1. The molecule has 0 aliphatic heterocycles. The van der Waals surface area contributed by atoms with Crippen LogP contribution in [0.3, 0.4) is 0 Å². The molecule has 0 aliphatic rings. The van der Waals surface area contributed by atoms with Crippen molar-refractivity contribution in [2.45, 2.75) is 18.9 Å². The summed E-state index contributed by atoms with van der Waals surface area (Å²) in [4.78, 5) is 0. The standard InChI is InChI=1S/C11H12BrIN2/c1-2-3-4-11(15-14)9-7-8(13)5-6-10(9)12/h1,5-7,11,15H,3-4,14H2. The molecule has 80 valence electrons. The van der Waals surface area contributed by atoms with Crippen LogP contribution < -0.4 is 11.3 Å². The highest BCUT2D eigenvalue weighted by Gasteiger charge is 2.12. The molecule has 0 aromatic heterocycles. The van der Waals surface area contributed by atoms with Gasteiger partial charge in [-0.15, -0.1) is 12.3 Å². The molecular formula is C11H12BrIN2. The Bertz CT molecular complexity index is 373. The fourth-order valence-corrected chi connectivity index (χ4v) is 2.38. The maximum Gasteiger partial charge on any atom is 0.0480 e. The van der Waals surface area contributed by atoms with Crippen LogP contribution in [0.15, 0.2) is 22.7 Å². The Balaban J connectivity index is 2.91. The second-order valence-corrected chi connectivity index (χ2v) is 5.23. The molecular weight excluding hydrogens is 367 g/mol. The normalized spacial score (nSPS) is 12.1. The quantitative estimate of drug-likeness (QED) is 0.366. The van der Waals surface area contributed by atoms with Crippen LogP contribution in [-0.2, 0) is 0 Å². The summed E-state index contributed by atoms with van der Waals surface area (Å²) in [5, 5.41) is 0. The van der Waals surface area contributed by atoms with Crippen LogP contribution in [0.25, 0.3) is 0 Å². The fraction of sp³-hybridized carbons (Fsp3) is 0.273. The number of benzene rings is 1. The Labute approximate surface area is 112 Å².